The van der Waals surface area contributed by atoms with E-state index >= 15 is 0 Å². The van der Waals surface area contributed by atoms with Crippen molar-refractivity contribution in [3.8, 4) is 11.5 Å². The Kier molecular flexibility index (Phi) is 12.6. The van der Waals surface area contributed by atoms with Crippen molar-refractivity contribution < 1.29 is 72.8 Å². The maximum atomic E-state index is 12.7. The van der Waals surface area contributed by atoms with E-state index in [0.29, 0.717) is 12.4 Å². The monoisotopic (exact) mass is 532 g/mol. The molecule has 9 nitrogen and oxygen atoms in total. The van der Waals surface area contributed by atoms with E-state index < -0.39 is 11.9 Å². The van der Waals surface area contributed by atoms with Crippen LogP contribution in [0.15, 0.2) is 53.2 Å². The average molecular weight is 533 g/mol. The molecule has 0 bridgehead atoms. The van der Waals surface area contributed by atoms with Crippen molar-refractivity contribution in [2.45, 2.75) is 38.2 Å². The van der Waals surface area contributed by atoms with Crippen molar-refractivity contribution in [3.05, 3.63) is 65.4 Å². The predicted octanol–water partition coefficient (Wildman–Crippen LogP) is 0.978. The summed E-state index contributed by atoms with van der Waals surface area (Å²) < 4.78 is 20.7. The van der Waals surface area contributed by atoms with Gasteiger partial charge in [0.2, 0.25) is 0 Å². The molecule has 3 aromatic rings. The summed E-state index contributed by atoms with van der Waals surface area (Å²) in [5.74, 6) is -1.60. The average Bonchev–Trinajstić information content (AvgIpc) is 3.39. The van der Waals surface area contributed by atoms with E-state index in [0.717, 1.165) is 41.4 Å². The van der Waals surface area contributed by atoms with Gasteiger partial charge in [0.1, 0.15) is 17.1 Å². The maximum Gasteiger partial charge on any atom is 1.00 e. The zero-order valence-corrected chi connectivity index (χ0v) is 23.7. The second-order valence-electron chi connectivity index (χ2n) is 8.33. The van der Waals surface area contributed by atoms with E-state index in [1.807, 2.05) is 24.3 Å². The van der Waals surface area contributed by atoms with Crippen LogP contribution in [-0.4, -0.2) is 43.7 Å². The van der Waals surface area contributed by atoms with Gasteiger partial charge in [-0.05, 0) is 61.6 Å². The number of phenolic OH excluding ortho intramolecular Hbond substituents is 1. The number of aromatic hydroxyl groups is 1. The van der Waals surface area contributed by atoms with Crippen LogP contribution in [0.2, 0.25) is 0 Å². The van der Waals surface area contributed by atoms with Crippen LogP contribution in [0, 0.1) is 0 Å². The molecule has 1 fully saturated rings. The number of ketones is 1. The first-order valence-electron chi connectivity index (χ1n) is 11.8. The number of hydrogen-bond donors (Lipinski definition) is 1. The van der Waals surface area contributed by atoms with Crippen LogP contribution in [0.25, 0.3) is 17.0 Å². The summed E-state index contributed by atoms with van der Waals surface area (Å²) in [5.41, 5.74) is 2.72. The largest absolute Gasteiger partial charge is 1.00 e. The molecule has 196 valence electrons. The molecule has 2 aromatic carbocycles. The molecule has 1 saturated heterocycles. The van der Waals surface area contributed by atoms with Gasteiger partial charge in [-0.15, -0.1) is 0 Å². The van der Waals surface area contributed by atoms with Gasteiger partial charge in [-0.25, -0.2) is 0 Å². The zero-order chi connectivity index (χ0) is 26.8. The van der Waals surface area contributed by atoms with Crippen molar-refractivity contribution in [2.75, 3.05) is 20.8 Å². The van der Waals surface area contributed by atoms with Crippen molar-refractivity contribution in [1.29, 1.82) is 0 Å². The number of benzene rings is 2. The van der Waals surface area contributed by atoms with E-state index in [1.165, 1.54) is 19.3 Å². The first kappa shape index (κ1) is 31.1. The third-order valence-corrected chi connectivity index (χ3v) is 5.80. The number of rotatable bonds is 8. The molecular weight excluding hydrogens is 503 g/mol. The van der Waals surface area contributed by atoms with E-state index in [2.05, 4.69) is 4.74 Å². The number of fused-ring (bicyclic) bond motifs is 1. The third-order valence-electron chi connectivity index (χ3n) is 5.80. The van der Waals surface area contributed by atoms with Crippen LogP contribution in [0.4, 0.5) is 0 Å². The molecule has 0 radical (unpaired) electrons. The van der Waals surface area contributed by atoms with Crippen LogP contribution < -0.4 is 39.4 Å². The molecule has 4 rings (SSSR count). The van der Waals surface area contributed by atoms with Gasteiger partial charge in [0.15, 0.2) is 5.78 Å². The van der Waals surface area contributed by atoms with Crippen LogP contribution in [-0.2, 0) is 19.1 Å². The van der Waals surface area contributed by atoms with E-state index in [9.17, 15) is 24.6 Å². The molecule has 0 aliphatic carbocycles. The number of esters is 1. The summed E-state index contributed by atoms with van der Waals surface area (Å²) in [6, 6.07) is 10.7. The first-order chi connectivity index (χ1) is 17.8. The molecule has 1 N–H and O–H groups in total. The summed E-state index contributed by atoms with van der Waals surface area (Å²) in [6.45, 7) is 0.689. The topological polar surface area (TPSA) is 135 Å². The number of aliphatic carboxylic acids is 1. The fourth-order valence-corrected chi connectivity index (χ4v) is 3.85. The van der Waals surface area contributed by atoms with Gasteiger partial charge in [0, 0.05) is 29.6 Å². The number of carboxylic acid groups (broad SMARTS) is 1. The molecule has 1 aliphatic heterocycles. The summed E-state index contributed by atoms with van der Waals surface area (Å²) in [4.78, 5) is 32.6. The Bertz CT molecular complexity index is 1270. The number of phenols is 1. The number of carbonyl (C=O) groups is 3. The van der Waals surface area contributed by atoms with Gasteiger partial charge in [0.25, 0.3) is 0 Å². The van der Waals surface area contributed by atoms with Crippen LogP contribution >= 0.6 is 0 Å². The van der Waals surface area contributed by atoms with Crippen LogP contribution in [0.3, 0.4) is 0 Å². The minimum Gasteiger partial charge on any atom is -0.550 e. The molecule has 2 heterocycles. The quantitative estimate of drug-likeness (QED) is 0.195. The number of carboxylic acids is 1. The fourth-order valence-electron chi connectivity index (χ4n) is 3.85. The Hall–Kier alpha value is -3.11. The Morgan fingerprint density at radius 1 is 1.11 bits per heavy atom. The van der Waals surface area contributed by atoms with Crippen LogP contribution in [0.1, 0.15) is 59.7 Å². The molecule has 1 aromatic heterocycles. The molecule has 1 atom stereocenters. The number of allylic oxidation sites excluding steroid dienone is 1. The summed E-state index contributed by atoms with van der Waals surface area (Å²) >= 11 is 0. The predicted molar refractivity (Wildman–Crippen MR) is 133 cm³/mol. The zero-order valence-electron chi connectivity index (χ0n) is 21.7. The Labute approximate surface area is 242 Å². The molecular formula is C28H29NaO9. The van der Waals surface area contributed by atoms with Crippen molar-refractivity contribution in [3.63, 3.8) is 0 Å². The molecule has 1 unspecified atom stereocenters. The smallest absolute Gasteiger partial charge is 0.550 e. The molecule has 0 saturated carbocycles. The number of furan rings is 1. The van der Waals surface area contributed by atoms with Crippen molar-refractivity contribution in [2.24, 2.45) is 0 Å². The van der Waals surface area contributed by atoms with Gasteiger partial charge < -0.3 is 33.6 Å². The number of ether oxygens (including phenoxy) is 3. The molecule has 0 amide bonds. The maximum absolute atomic E-state index is 12.7. The minimum atomic E-state index is -1.24. The van der Waals surface area contributed by atoms with E-state index in [1.54, 1.807) is 25.5 Å². The number of methoxy groups -OCH3 is 2. The Morgan fingerprint density at radius 2 is 1.89 bits per heavy atom. The number of hydrogen-bond acceptors (Lipinski definition) is 9. The molecule has 0 spiro atoms. The van der Waals surface area contributed by atoms with Crippen LogP contribution in [0.5, 0.6) is 11.5 Å². The van der Waals surface area contributed by atoms with Gasteiger partial charge in [-0.2, -0.15) is 0 Å². The second kappa shape index (κ2) is 15.3. The Balaban J connectivity index is 0.000000439. The molecule has 10 heteroatoms. The van der Waals surface area contributed by atoms with E-state index in [-0.39, 0.29) is 65.6 Å². The first-order valence-corrected chi connectivity index (χ1v) is 11.8. The summed E-state index contributed by atoms with van der Waals surface area (Å²) in [5, 5.41) is 21.0. The van der Waals surface area contributed by atoms with Gasteiger partial charge in [0.05, 0.1) is 38.6 Å². The standard InChI is InChI=1S/C23H22O5.C5H8O4.Na/c1-26-23-14-20(25)17(13-18(23)22-4-2-3-10-27-22)19(24)7-5-15-6-8-21-16(12-15)9-11-28-21;1-9-5(8)3-2-4(6)7;/h5-9,11-14,22,25H,2-4,10H2,1H3;2-3H2,1H3,(H,6,7);/q;;+1/p-1/b7-5+;;. The van der Waals surface area contributed by atoms with Gasteiger partial charge in [-0.3, -0.25) is 9.59 Å². The number of carbonyl (C=O) groups excluding carboxylic acids is 3. The summed E-state index contributed by atoms with van der Waals surface area (Å²) in [7, 11) is 2.76. The third kappa shape index (κ3) is 8.73. The summed E-state index contributed by atoms with van der Waals surface area (Å²) in [6.07, 6.45) is 7.29. The van der Waals surface area contributed by atoms with E-state index in [4.69, 9.17) is 13.9 Å². The minimum absolute atomic E-state index is 0. The van der Waals surface area contributed by atoms with Gasteiger partial charge in [-0.1, -0.05) is 12.1 Å². The molecule has 38 heavy (non-hydrogen) atoms. The normalized spacial score (nSPS) is 14.7. The SMILES string of the molecule is COC(=O)CCC(=O)[O-].COc1cc(O)c(C(=O)/C=C/c2ccc3occc3c2)cc1C1CCCCO1.[Na+]. The second-order valence-corrected chi connectivity index (χ2v) is 8.33. The Morgan fingerprint density at radius 3 is 2.55 bits per heavy atom. The van der Waals surface area contributed by atoms with Gasteiger partial charge >= 0.3 is 35.5 Å². The van der Waals surface area contributed by atoms with Crippen molar-refractivity contribution >= 4 is 34.8 Å². The molecule has 1 aliphatic rings. The van der Waals surface area contributed by atoms with Crippen molar-refractivity contribution in [1.82, 2.24) is 0 Å². The fraction of sp³-hybridized carbons (Fsp3) is 0.321.